The molecule has 0 fully saturated rings. The van der Waals surface area contributed by atoms with Gasteiger partial charge in [0.2, 0.25) is 5.91 Å². The molecule has 114 valence electrons. The number of anilines is 1. The minimum absolute atomic E-state index is 0.0322. The minimum Gasteiger partial charge on any atom is -0.301 e. The van der Waals surface area contributed by atoms with Crippen LogP contribution in [0.4, 0.5) is 5.13 Å². The number of aryl methyl sites for hydroxylation is 1. The Kier molecular flexibility index (Phi) is 5.76. The maximum atomic E-state index is 12.0. The van der Waals surface area contributed by atoms with Crippen LogP contribution in [-0.4, -0.2) is 15.7 Å². The van der Waals surface area contributed by atoms with E-state index in [2.05, 4.69) is 45.3 Å². The Morgan fingerprint density at radius 3 is 2.86 bits per heavy atom. The maximum absolute atomic E-state index is 12.0. The van der Waals surface area contributed by atoms with Crippen molar-refractivity contribution in [1.82, 2.24) is 4.98 Å². The van der Waals surface area contributed by atoms with Crippen LogP contribution in [0.3, 0.4) is 0 Å². The van der Waals surface area contributed by atoms with Gasteiger partial charge in [-0.2, -0.15) is 0 Å². The van der Waals surface area contributed by atoms with Crippen molar-refractivity contribution in [2.45, 2.75) is 44.9 Å². The number of halogens is 1. The van der Waals surface area contributed by atoms with Crippen LogP contribution in [0.1, 0.15) is 39.2 Å². The number of carbonyl (C=O) groups excluding carboxylic acids is 1. The van der Waals surface area contributed by atoms with E-state index in [0.717, 1.165) is 16.6 Å². The van der Waals surface area contributed by atoms with Gasteiger partial charge in [0.25, 0.3) is 0 Å². The van der Waals surface area contributed by atoms with E-state index in [1.165, 1.54) is 29.7 Å². The normalized spacial score (nSPS) is 12.8. The third-order valence-corrected chi connectivity index (χ3v) is 5.74. The van der Waals surface area contributed by atoms with Crippen molar-refractivity contribution < 1.29 is 4.79 Å². The van der Waals surface area contributed by atoms with E-state index in [4.69, 9.17) is 0 Å². The maximum Gasteiger partial charge on any atom is 0.240 e. The Hall–Kier alpha value is -0.940. The van der Waals surface area contributed by atoms with Crippen LogP contribution in [-0.2, 0) is 11.2 Å². The first kappa shape index (κ1) is 16.4. The summed E-state index contributed by atoms with van der Waals surface area (Å²) in [6.07, 6.45) is 3.50. The molecule has 1 amide bonds. The number of carbonyl (C=O) groups is 1. The zero-order valence-electron chi connectivity index (χ0n) is 12.6. The predicted octanol–water partition coefficient (Wildman–Crippen LogP) is 5.00. The first-order chi connectivity index (χ1) is 10.0. The van der Waals surface area contributed by atoms with E-state index in [9.17, 15) is 4.79 Å². The summed E-state index contributed by atoms with van der Waals surface area (Å²) in [5, 5.41) is 3.57. The van der Waals surface area contributed by atoms with Gasteiger partial charge in [0.15, 0.2) is 5.13 Å². The highest BCUT2D eigenvalue weighted by molar-refractivity contribution is 9.10. The Balaban J connectivity index is 2.13. The van der Waals surface area contributed by atoms with E-state index in [0.29, 0.717) is 5.13 Å². The highest BCUT2D eigenvalue weighted by Crippen LogP contribution is 2.28. The van der Waals surface area contributed by atoms with E-state index in [-0.39, 0.29) is 16.7 Å². The van der Waals surface area contributed by atoms with Crippen LogP contribution < -0.4 is 5.32 Å². The lowest BCUT2D eigenvalue weighted by atomic mass is 10.1. The average Bonchev–Trinajstić information content (AvgIpc) is 2.85. The van der Waals surface area contributed by atoms with Crippen molar-refractivity contribution in [2.75, 3.05) is 5.32 Å². The molecule has 1 aromatic heterocycles. The van der Waals surface area contributed by atoms with E-state index in [1.54, 1.807) is 0 Å². The summed E-state index contributed by atoms with van der Waals surface area (Å²) >= 11 is 4.95. The Labute approximate surface area is 138 Å². The number of alkyl halides is 1. The highest BCUT2D eigenvalue weighted by atomic mass is 79.9. The fourth-order valence-corrected chi connectivity index (χ4v) is 3.08. The largest absolute Gasteiger partial charge is 0.301 e. The molecule has 21 heavy (non-hydrogen) atoms. The number of rotatable bonds is 6. The van der Waals surface area contributed by atoms with Crippen LogP contribution in [0.25, 0.3) is 10.2 Å². The van der Waals surface area contributed by atoms with Crippen LogP contribution >= 0.6 is 27.3 Å². The summed E-state index contributed by atoms with van der Waals surface area (Å²) in [6, 6.07) is 6.36. The second-order valence-electron chi connectivity index (χ2n) is 5.56. The number of unbranched alkanes of at least 4 members (excludes halogenated alkanes) is 1. The van der Waals surface area contributed by atoms with Crippen LogP contribution in [0.5, 0.6) is 0 Å². The molecule has 0 aliphatic carbocycles. The summed E-state index contributed by atoms with van der Waals surface area (Å²) < 4.78 is 1.13. The molecule has 2 aromatic rings. The molecule has 1 heterocycles. The predicted molar refractivity (Wildman–Crippen MR) is 94.4 cm³/mol. The molecular weight excluding hydrogens is 348 g/mol. The van der Waals surface area contributed by atoms with Crippen molar-refractivity contribution in [3.63, 3.8) is 0 Å². The van der Waals surface area contributed by atoms with Gasteiger partial charge in [0.1, 0.15) is 0 Å². The first-order valence-electron chi connectivity index (χ1n) is 7.35. The van der Waals surface area contributed by atoms with Crippen LogP contribution in [0.2, 0.25) is 0 Å². The Morgan fingerprint density at radius 1 is 1.43 bits per heavy atom. The van der Waals surface area contributed by atoms with Crippen LogP contribution in [0.15, 0.2) is 18.2 Å². The van der Waals surface area contributed by atoms with Gasteiger partial charge in [-0.1, -0.05) is 60.5 Å². The smallest absolute Gasteiger partial charge is 0.240 e. The molecule has 0 saturated carbocycles. The molecule has 1 atom stereocenters. The summed E-state index contributed by atoms with van der Waals surface area (Å²) in [4.78, 5) is 16.3. The molecular formula is C16H21BrN2OS. The third kappa shape index (κ3) is 4.27. The topological polar surface area (TPSA) is 42.0 Å². The SMILES string of the molecule is CCCCc1ccc2nc(NC(=O)[C@H](Br)C(C)C)sc2c1. The van der Waals surface area contributed by atoms with Gasteiger partial charge in [0, 0.05) is 0 Å². The fraction of sp³-hybridized carbons (Fsp3) is 0.500. The first-order valence-corrected chi connectivity index (χ1v) is 9.09. The molecule has 1 aromatic carbocycles. The zero-order chi connectivity index (χ0) is 15.4. The quantitative estimate of drug-likeness (QED) is 0.729. The van der Waals surface area contributed by atoms with Gasteiger partial charge in [0.05, 0.1) is 15.0 Å². The molecule has 0 aliphatic heterocycles. The molecule has 2 rings (SSSR count). The molecule has 3 nitrogen and oxygen atoms in total. The summed E-state index contributed by atoms with van der Waals surface area (Å²) in [5.74, 6) is 0.218. The lowest BCUT2D eigenvalue weighted by Crippen LogP contribution is -2.26. The van der Waals surface area contributed by atoms with Crippen molar-refractivity contribution in [2.24, 2.45) is 5.92 Å². The zero-order valence-corrected chi connectivity index (χ0v) is 15.1. The highest BCUT2D eigenvalue weighted by Gasteiger charge is 2.19. The number of fused-ring (bicyclic) bond motifs is 1. The molecule has 0 radical (unpaired) electrons. The minimum atomic E-state index is -0.190. The van der Waals surface area contributed by atoms with Crippen molar-refractivity contribution in [3.05, 3.63) is 23.8 Å². The average molecular weight is 369 g/mol. The van der Waals surface area contributed by atoms with Crippen molar-refractivity contribution in [3.8, 4) is 0 Å². The van der Waals surface area contributed by atoms with Crippen LogP contribution in [0, 0.1) is 5.92 Å². The van der Waals surface area contributed by atoms with E-state index < -0.39 is 0 Å². The third-order valence-electron chi connectivity index (χ3n) is 3.34. The number of aromatic nitrogens is 1. The number of hydrogen-bond acceptors (Lipinski definition) is 3. The molecule has 0 aliphatic rings. The number of thiazole rings is 1. The second-order valence-corrected chi connectivity index (χ2v) is 7.58. The van der Waals surface area contributed by atoms with Gasteiger partial charge in [-0.25, -0.2) is 4.98 Å². The Bertz CT molecular complexity index is 624. The number of amides is 1. The van der Waals surface area contributed by atoms with E-state index >= 15 is 0 Å². The molecule has 0 spiro atoms. The summed E-state index contributed by atoms with van der Waals surface area (Å²) in [7, 11) is 0. The van der Waals surface area contributed by atoms with Gasteiger partial charge in [-0.05, 0) is 36.5 Å². The lowest BCUT2D eigenvalue weighted by Gasteiger charge is -2.11. The number of nitrogens with zero attached hydrogens (tertiary/aromatic N) is 1. The Morgan fingerprint density at radius 2 is 2.19 bits per heavy atom. The van der Waals surface area contributed by atoms with Gasteiger partial charge >= 0.3 is 0 Å². The summed E-state index contributed by atoms with van der Waals surface area (Å²) in [5.41, 5.74) is 2.29. The summed E-state index contributed by atoms with van der Waals surface area (Å²) in [6.45, 7) is 6.22. The molecule has 5 heteroatoms. The standard InChI is InChI=1S/C16H21BrN2OS/c1-4-5-6-11-7-8-12-13(9-11)21-16(18-12)19-15(20)14(17)10(2)3/h7-10,14H,4-6H2,1-3H3,(H,18,19,20)/t14-/m1/s1. The number of hydrogen-bond donors (Lipinski definition) is 1. The second kappa shape index (κ2) is 7.36. The van der Waals surface area contributed by atoms with Crippen molar-refractivity contribution in [1.29, 1.82) is 0 Å². The van der Waals surface area contributed by atoms with Gasteiger partial charge in [-0.3, -0.25) is 4.79 Å². The monoisotopic (exact) mass is 368 g/mol. The van der Waals surface area contributed by atoms with E-state index in [1.807, 2.05) is 19.9 Å². The van der Waals surface area contributed by atoms with Gasteiger partial charge in [-0.15, -0.1) is 0 Å². The molecule has 0 unspecified atom stereocenters. The molecule has 0 bridgehead atoms. The lowest BCUT2D eigenvalue weighted by molar-refractivity contribution is -0.116. The molecule has 1 N–H and O–H groups in total. The van der Waals surface area contributed by atoms with Gasteiger partial charge < -0.3 is 5.32 Å². The van der Waals surface area contributed by atoms with Crippen molar-refractivity contribution >= 4 is 48.5 Å². The molecule has 0 saturated heterocycles. The number of nitrogens with one attached hydrogen (secondary N) is 1. The fourth-order valence-electron chi connectivity index (χ4n) is 2.04. The number of benzene rings is 1.